The maximum absolute atomic E-state index is 10.7. The minimum Gasteiger partial charge on any atom is -0.386 e. The minimum atomic E-state index is -3.98. The lowest BCUT2D eigenvalue weighted by Crippen LogP contribution is -2.17. The van der Waals surface area contributed by atoms with Crippen molar-refractivity contribution in [1.82, 2.24) is 0 Å². The standard InChI is InChI=1S/C6H12O5S/c1-5(7)6(8)3-2-4-12(9,10)11/h5,7H,2-4H2,1H3,(H,9,10,11)/t5-/m0/s1. The number of aliphatic hydroxyl groups is 1. The van der Waals surface area contributed by atoms with Crippen LogP contribution in [-0.4, -0.2) is 35.7 Å². The summed E-state index contributed by atoms with van der Waals surface area (Å²) in [7, 11) is -3.98. The van der Waals surface area contributed by atoms with Crippen molar-refractivity contribution in [2.24, 2.45) is 0 Å². The molecule has 0 aliphatic rings. The molecule has 0 aliphatic heterocycles. The fraction of sp³-hybridized carbons (Fsp3) is 0.833. The van der Waals surface area contributed by atoms with Crippen LogP contribution in [0, 0.1) is 0 Å². The van der Waals surface area contributed by atoms with Gasteiger partial charge in [0.15, 0.2) is 5.78 Å². The van der Waals surface area contributed by atoms with Crippen molar-refractivity contribution in [2.75, 3.05) is 5.75 Å². The van der Waals surface area contributed by atoms with Crippen molar-refractivity contribution in [1.29, 1.82) is 0 Å². The first-order valence-electron chi connectivity index (χ1n) is 3.49. The van der Waals surface area contributed by atoms with Crippen LogP contribution in [0.4, 0.5) is 0 Å². The first kappa shape index (κ1) is 11.5. The molecule has 72 valence electrons. The highest BCUT2D eigenvalue weighted by Gasteiger charge is 2.10. The summed E-state index contributed by atoms with van der Waals surface area (Å²) in [5.41, 5.74) is 0. The van der Waals surface area contributed by atoms with Crippen LogP contribution in [-0.2, 0) is 14.9 Å². The number of aliphatic hydroxyl groups excluding tert-OH is 1. The van der Waals surface area contributed by atoms with Gasteiger partial charge in [-0.05, 0) is 13.3 Å². The third-order valence-corrected chi connectivity index (χ3v) is 2.10. The Morgan fingerprint density at radius 1 is 1.50 bits per heavy atom. The minimum absolute atomic E-state index is 0.0303. The molecule has 1 atom stereocenters. The Balaban J connectivity index is 3.66. The Labute approximate surface area is 71.1 Å². The van der Waals surface area contributed by atoms with Gasteiger partial charge in [0.25, 0.3) is 10.1 Å². The smallest absolute Gasteiger partial charge is 0.264 e. The van der Waals surface area contributed by atoms with E-state index in [4.69, 9.17) is 9.66 Å². The van der Waals surface area contributed by atoms with E-state index in [1.54, 1.807) is 0 Å². The molecular weight excluding hydrogens is 184 g/mol. The van der Waals surface area contributed by atoms with Gasteiger partial charge in [0, 0.05) is 6.42 Å². The molecule has 0 aliphatic carbocycles. The molecule has 0 spiro atoms. The van der Waals surface area contributed by atoms with Gasteiger partial charge >= 0.3 is 0 Å². The number of carbonyl (C=O) groups is 1. The van der Waals surface area contributed by atoms with E-state index < -0.39 is 27.8 Å². The van der Waals surface area contributed by atoms with Crippen LogP contribution in [0.2, 0.25) is 0 Å². The lowest BCUT2D eigenvalue weighted by atomic mass is 10.2. The zero-order valence-electron chi connectivity index (χ0n) is 6.73. The van der Waals surface area contributed by atoms with Gasteiger partial charge in [-0.15, -0.1) is 0 Å². The molecule has 0 aromatic heterocycles. The number of Topliss-reactive ketones (excluding diaryl/α,β-unsaturated/α-hetero) is 1. The SMILES string of the molecule is C[C@H](O)C(=O)CCCS(=O)(=O)O. The Bertz CT molecular complexity index is 241. The second-order valence-corrected chi connectivity index (χ2v) is 4.10. The quantitative estimate of drug-likeness (QED) is 0.584. The van der Waals surface area contributed by atoms with E-state index in [1.165, 1.54) is 6.92 Å². The van der Waals surface area contributed by atoms with Crippen molar-refractivity contribution in [3.8, 4) is 0 Å². The molecule has 12 heavy (non-hydrogen) atoms. The van der Waals surface area contributed by atoms with Gasteiger partial charge in [0.05, 0.1) is 5.75 Å². The predicted octanol–water partition coefficient (Wildman–Crippen LogP) is -0.396. The van der Waals surface area contributed by atoms with Gasteiger partial charge in [-0.3, -0.25) is 9.35 Å². The van der Waals surface area contributed by atoms with Crippen LogP contribution in [0.1, 0.15) is 19.8 Å². The zero-order chi connectivity index (χ0) is 9.78. The molecule has 2 N–H and O–H groups in total. The normalized spacial score (nSPS) is 14.2. The van der Waals surface area contributed by atoms with E-state index >= 15 is 0 Å². The third kappa shape index (κ3) is 6.26. The molecule has 0 fully saturated rings. The first-order valence-corrected chi connectivity index (χ1v) is 5.10. The van der Waals surface area contributed by atoms with Crippen molar-refractivity contribution < 1.29 is 22.9 Å². The van der Waals surface area contributed by atoms with E-state index in [1.807, 2.05) is 0 Å². The van der Waals surface area contributed by atoms with E-state index in [2.05, 4.69) is 0 Å². The molecule has 6 heteroatoms. The molecule has 0 saturated carbocycles. The van der Waals surface area contributed by atoms with Crippen molar-refractivity contribution in [3.63, 3.8) is 0 Å². The molecule has 0 aromatic carbocycles. The molecule has 0 amide bonds. The maximum atomic E-state index is 10.7. The van der Waals surface area contributed by atoms with Crippen LogP contribution < -0.4 is 0 Å². The van der Waals surface area contributed by atoms with Crippen LogP contribution in [0.5, 0.6) is 0 Å². The van der Waals surface area contributed by atoms with E-state index in [9.17, 15) is 13.2 Å². The van der Waals surface area contributed by atoms with Gasteiger partial charge in [-0.1, -0.05) is 0 Å². The first-order chi connectivity index (χ1) is 5.33. The second kappa shape index (κ2) is 4.54. The maximum Gasteiger partial charge on any atom is 0.264 e. The number of hydrogen-bond acceptors (Lipinski definition) is 4. The topological polar surface area (TPSA) is 91.7 Å². The molecule has 0 saturated heterocycles. The number of ketones is 1. The van der Waals surface area contributed by atoms with Crippen molar-refractivity contribution >= 4 is 15.9 Å². The van der Waals surface area contributed by atoms with Crippen LogP contribution in [0.3, 0.4) is 0 Å². The lowest BCUT2D eigenvalue weighted by Gasteiger charge is -2.01. The van der Waals surface area contributed by atoms with E-state index in [0.29, 0.717) is 0 Å². The summed E-state index contributed by atoms with van der Waals surface area (Å²) in [6, 6.07) is 0. The summed E-state index contributed by atoms with van der Waals surface area (Å²) in [6.07, 6.45) is -1.05. The van der Waals surface area contributed by atoms with E-state index in [0.717, 1.165) is 0 Å². The molecular formula is C6H12O5S. The Morgan fingerprint density at radius 3 is 2.33 bits per heavy atom. The third-order valence-electron chi connectivity index (χ3n) is 1.29. The summed E-state index contributed by atoms with van der Waals surface area (Å²) >= 11 is 0. The lowest BCUT2D eigenvalue weighted by molar-refractivity contribution is -0.126. The van der Waals surface area contributed by atoms with Crippen LogP contribution in [0.25, 0.3) is 0 Å². The van der Waals surface area contributed by atoms with Crippen molar-refractivity contribution in [2.45, 2.75) is 25.9 Å². The molecule has 0 aromatic rings. The number of carbonyl (C=O) groups excluding carboxylic acids is 1. The van der Waals surface area contributed by atoms with Gasteiger partial charge < -0.3 is 5.11 Å². The fourth-order valence-electron chi connectivity index (χ4n) is 0.638. The summed E-state index contributed by atoms with van der Waals surface area (Å²) in [6.45, 7) is 1.32. The van der Waals surface area contributed by atoms with Gasteiger partial charge in [-0.25, -0.2) is 0 Å². The summed E-state index contributed by atoms with van der Waals surface area (Å²) in [5, 5.41) is 8.69. The van der Waals surface area contributed by atoms with E-state index in [-0.39, 0.29) is 12.8 Å². The number of rotatable bonds is 5. The zero-order valence-corrected chi connectivity index (χ0v) is 7.54. The molecule has 0 rings (SSSR count). The summed E-state index contributed by atoms with van der Waals surface area (Å²) in [5.74, 6) is -0.857. The summed E-state index contributed by atoms with van der Waals surface area (Å²) < 4.78 is 28.6. The Kier molecular flexibility index (Phi) is 4.36. The molecule has 0 bridgehead atoms. The average Bonchev–Trinajstić information content (AvgIpc) is 1.84. The molecule has 0 radical (unpaired) electrons. The van der Waals surface area contributed by atoms with Gasteiger partial charge in [0.1, 0.15) is 6.10 Å². The Hall–Kier alpha value is -0.460. The largest absolute Gasteiger partial charge is 0.386 e. The van der Waals surface area contributed by atoms with Crippen LogP contribution >= 0.6 is 0 Å². The van der Waals surface area contributed by atoms with Crippen molar-refractivity contribution in [3.05, 3.63) is 0 Å². The molecule has 0 heterocycles. The number of hydrogen-bond donors (Lipinski definition) is 2. The van der Waals surface area contributed by atoms with Gasteiger partial charge in [-0.2, -0.15) is 8.42 Å². The fourth-order valence-corrected chi connectivity index (χ4v) is 1.15. The molecule has 0 unspecified atom stereocenters. The monoisotopic (exact) mass is 196 g/mol. The Morgan fingerprint density at radius 2 is 2.00 bits per heavy atom. The van der Waals surface area contributed by atoms with Crippen LogP contribution in [0.15, 0.2) is 0 Å². The molecule has 5 nitrogen and oxygen atoms in total. The second-order valence-electron chi connectivity index (χ2n) is 2.53. The average molecular weight is 196 g/mol. The highest BCUT2D eigenvalue weighted by Crippen LogP contribution is 1.98. The highest BCUT2D eigenvalue weighted by molar-refractivity contribution is 7.85. The highest BCUT2D eigenvalue weighted by atomic mass is 32.2. The summed E-state index contributed by atoms with van der Waals surface area (Å²) in [4.78, 5) is 10.7. The van der Waals surface area contributed by atoms with Gasteiger partial charge in [0.2, 0.25) is 0 Å². The predicted molar refractivity (Wildman–Crippen MR) is 42.3 cm³/mol.